The van der Waals surface area contributed by atoms with Crippen LogP contribution in [0.5, 0.6) is 5.75 Å². The summed E-state index contributed by atoms with van der Waals surface area (Å²) < 4.78 is 5.59. The van der Waals surface area contributed by atoms with Crippen LogP contribution in [0.2, 0.25) is 0 Å². The van der Waals surface area contributed by atoms with E-state index in [1.807, 2.05) is 0 Å². The Hall–Kier alpha value is -1.22. The molecule has 2 unspecified atom stereocenters. The average molecular weight is 276 g/mol. The Kier molecular flexibility index (Phi) is 4.59. The number of nitrogens with zero attached hydrogens (tertiary/aromatic N) is 1. The van der Waals surface area contributed by atoms with E-state index in [0.29, 0.717) is 6.04 Å². The molecule has 1 N–H and O–H groups in total. The second-order valence-electron chi connectivity index (χ2n) is 6.16. The Morgan fingerprint density at radius 1 is 1.40 bits per heavy atom. The predicted octanol–water partition coefficient (Wildman–Crippen LogP) is 3.36. The standard InChI is InChI=1S/C17H28N2O/c1-6-14-11-18-17(4,7-2)12-19(14)15-10-13(3)8-9-16(15)20-5/h8-10,14,18H,6-7,11-12H2,1-5H3. The molecular formula is C17H28N2O. The first-order chi connectivity index (χ1) is 9.53. The number of hydrogen-bond acceptors (Lipinski definition) is 3. The molecule has 0 aliphatic carbocycles. The molecule has 0 bridgehead atoms. The van der Waals surface area contributed by atoms with Crippen molar-refractivity contribution in [1.82, 2.24) is 5.32 Å². The maximum Gasteiger partial charge on any atom is 0.142 e. The summed E-state index contributed by atoms with van der Waals surface area (Å²) in [5.41, 5.74) is 2.70. The third-order valence-corrected chi connectivity index (χ3v) is 4.62. The largest absolute Gasteiger partial charge is 0.495 e. The molecule has 0 amide bonds. The van der Waals surface area contributed by atoms with Crippen molar-refractivity contribution < 1.29 is 4.74 Å². The maximum atomic E-state index is 5.59. The van der Waals surface area contributed by atoms with Crippen molar-refractivity contribution in [3.05, 3.63) is 23.8 Å². The molecule has 3 nitrogen and oxygen atoms in total. The minimum Gasteiger partial charge on any atom is -0.495 e. The van der Waals surface area contributed by atoms with E-state index in [9.17, 15) is 0 Å². The van der Waals surface area contributed by atoms with Crippen LogP contribution in [0.3, 0.4) is 0 Å². The Morgan fingerprint density at radius 2 is 2.15 bits per heavy atom. The molecule has 1 aliphatic heterocycles. The highest BCUT2D eigenvalue weighted by Gasteiger charge is 2.34. The van der Waals surface area contributed by atoms with E-state index < -0.39 is 0 Å². The number of ether oxygens (including phenoxy) is 1. The molecule has 1 fully saturated rings. The van der Waals surface area contributed by atoms with Crippen molar-refractivity contribution in [2.75, 3.05) is 25.1 Å². The number of piperazine rings is 1. The highest BCUT2D eigenvalue weighted by molar-refractivity contribution is 5.61. The normalized spacial score (nSPS) is 26.6. The van der Waals surface area contributed by atoms with Gasteiger partial charge in [0.15, 0.2) is 0 Å². The number of rotatable bonds is 4. The monoisotopic (exact) mass is 276 g/mol. The van der Waals surface area contributed by atoms with E-state index in [1.165, 1.54) is 11.3 Å². The van der Waals surface area contributed by atoms with E-state index in [4.69, 9.17) is 4.74 Å². The van der Waals surface area contributed by atoms with Gasteiger partial charge in [0.1, 0.15) is 5.75 Å². The number of anilines is 1. The molecule has 1 aromatic carbocycles. The molecule has 1 heterocycles. The number of methoxy groups -OCH3 is 1. The fourth-order valence-electron chi connectivity index (χ4n) is 2.94. The van der Waals surface area contributed by atoms with Gasteiger partial charge in [-0.15, -0.1) is 0 Å². The summed E-state index contributed by atoms with van der Waals surface area (Å²) in [5.74, 6) is 0.981. The second kappa shape index (κ2) is 6.04. The minimum atomic E-state index is 0.181. The second-order valence-corrected chi connectivity index (χ2v) is 6.16. The van der Waals surface area contributed by atoms with Crippen LogP contribution < -0.4 is 15.0 Å². The average Bonchev–Trinajstić information content (AvgIpc) is 2.47. The zero-order valence-electron chi connectivity index (χ0n) is 13.5. The van der Waals surface area contributed by atoms with Gasteiger partial charge in [0.05, 0.1) is 12.8 Å². The van der Waals surface area contributed by atoms with Crippen LogP contribution in [0.15, 0.2) is 18.2 Å². The van der Waals surface area contributed by atoms with Gasteiger partial charge in [0, 0.05) is 24.7 Å². The van der Waals surface area contributed by atoms with E-state index >= 15 is 0 Å². The van der Waals surface area contributed by atoms with Crippen molar-refractivity contribution >= 4 is 5.69 Å². The summed E-state index contributed by atoms with van der Waals surface area (Å²) in [7, 11) is 1.76. The lowest BCUT2D eigenvalue weighted by Gasteiger charge is -2.47. The highest BCUT2D eigenvalue weighted by Crippen LogP contribution is 2.34. The molecule has 3 heteroatoms. The van der Waals surface area contributed by atoms with E-state index in [1.54, 1.807) is 7.11 Å². The summed E-state index contributed by atoms with van der Waals surface area (Å²) in [6.45, 7) is 11.0. The maximum absolute atomic E-state index is 5.59. The number of nitrogens with one attached hydrogen (secondary N) is 1. The number of hydrogen-bond donors (Lipinski definition) is 1. The Labute approximate surface area is 123 Å². The number of aryl methyl sites for hydroxylation is 1. The van der Waals surface area contributed by atoms with Gasteiger partial charge in [-0.2, -0.15) is 0 Å². The molecule has 0 aromatic heterocycles. The van der Waals surface area contributed by atoms with E-state index in [2.05, 4.69) is 56.1 Å². The molecule has 2 rings (SSSR count). The first kappa shape index (κ1) is 15.2. The zero-order valence-corrected chi connectivity index (χ0v) is 13.5. The molecule has 1 aliphatic rings. The molecule has 1 aromatic rings. The van der Waals surface area contributed by atoms with Crippen LogP contribution in [0.4, 0.5) is 5.69 Å². The fourth-order valence-corrected chi connectivity index (χ4v) is 2.94. The Morgan fingerprint density at radius 3 is 2.75 bits per heavy atom. The Bertz CT molecular complexity index is 460. The van der Waals surface area contributed by atoms with Crippen molar-refractivity contribution in [2.24, 2.45) is 0 Å². The smallest absolute Gasteiger partial charge is 0.142 e. The first-order valence-corrected chi connectivity index (χ1v) is 7.69. The first-order valence-electron chi connectivity index (χ1n) is 7.69. The van der Waals surface area contributed by atoms with Gasteiger partial charge in [0.2, 0.25) is 0 Å². The molecule has 1 saturated heterocycles. The van der Waals surface area contributed by atoms with Crippen LogP contribution in [-0.4, -0.2) is 31.8 Å². The van der Waals surface area contributed by atoms with Gasteiger partial charge in [-0.1, -0.05) is 19.9 Å². The predicted molar refractivity (Wildman–Crippen MR) is 85.9 cm³/mol. The summed E-state index contributed by atoms with van der Waals surface area (Å²) >= 11 is 0. The Balaban J connectivity index is 2.38. The van der Waals surface area contributed by atoms with Gasteiger partial charge in [0.25, 0.3) is 0 Å². The van der Waals surface area contributed by atoms with Crippen LogP contribution in [0, 0.1) is 6.92 Å². The molecule has 20 heavy (non-hydrogen) atoms. The van der Waals surface area contributed by atoms with Gasteiger partial charge in [-0.25, -0.2) is 0 Å². The lowest BCUT2D eigenvalue weighted by molar-refractivity contribution is 0.274. The van der Waals surface area contributed by atoms with Crippen LogP contribution >= 0.6 is 0 Å². The molecule has 0 saturated carbocycles. The topological polar surface area (TPSA) is 24.5 Å². The molecular weight excluding hydrogens is 248 g/mol. The summed E-state index contributed by atoms with van der Waals surface area (Å²) in [5, 5.41) is 3.72. The van der Waals surface area contributed by atoms with Crippen LogP contribution in [0.25, 0.3) is 0 Å². The summed E-state index contributed by atoms with van der Waals surface area (Å²) in [6.07, 6.45) is 2.28. The van der Waals surface area contributed by atoms with Gasteiger partial charge in [-0.05, 0) is 44.4 Å². The van der Waals surface area contributed by atoms with E-state index in [-0.39, 0.29) is 5.54 Å². The SMILES string of the molecule is CCC1CNC(C)(CC)CN1c1cc(C)ccc1OC. The third kappa shape index (κ3) is 2.93. The van der Waals surface area contributed by atoms with Crippen LogP contribution in [-0.2, 0) is 0 Å². The lowest BCUT2D eigenvalue weighted by Crippen LogP contribution is -2.62. The molecule has 2 atom stereocenters. The fraction of sp³-hybridized carbons (Fsp3) is 0.647. The van der Waals surface area contributed by atoms with Crippen molar-refractivity contribution in [3.8, 4) is 5.75 Å². The third-order valence-electron chi connectivity index (χ3n) is 4.62. The van der Waals surface area contributed by atoms with Crippen molar-refractivity contribution in [3.63, 3.8) is 0 Å². The van der Waals surface area contributed by atoms with Gasteiger partial charge < -0.3 is 15.0 Å². The van der Waals surface area contributed by atoms with E-state index in [0.717, 1.165) is 31.7 Å². The van der Waals surface area contributed by atoms with Crippen molar-refractivity contribution in [1.29, 1.82) is 0 Å². The van der Waals surface area contributed by atoms with Gasteiger partial charge in [-0.3, -0.25) is 0 Å². The summed E-state index contributed by atoms with van der Waals surface area (Å²) in [4.78, 5) is 2.53. The zero-order chi connectivity index (χ0) is 14.8. The molecule has 0 spiro atoms. The van der Waals surface area contributed by atoms with Crippen molar-refractivity contribution in [2.45, 2.75) is 52.1 Å². The molecule has 0 radical (unpaired) electrons. The highest BCUT2D eigenvalue weighted by atomic mass is 16.5. The number of benzene rings is 1. The van der Waals surface area contributed by atoms with Gasteiger partial charge >= 0.3 is 0 Å². The quantitative estimate of drug-likeness (QED) is 0.912. The molecule has 112 valence electrons. The minimum absolute atomic E-state index is 0.181. The summed E-state index contributed by atoms with van der Waals surface area (Å²) in [6, 6.07) is 6.99. The lowest BCUT2D eigenvalue weighted by atomic mass is 9.92. The van der Waals surface area contributed by atoms with Crippen LogP contribution in [0.1, 0.15) is 39.2 Å².